The van der Waals surface area contributed by atoms with E-state index in [1.165, 1.54) is 4.88 Å². The Labute approximate surface area is 88.0 Å². The van der Waals surface area contributed by atoms with Crippen molar-refractivity contribution >= 4 is 11.3 Å². The summed E-state index contributed by atoms with van der Waals surface area (Å²) in [7, 11) is 0. The van der Waals surface area contributed by atoms with E-state index in [2.05, 4.69) is 16.0 Å². The lowest BCUT2D eigenvalue weighted by molar-refractivity contribution is 0.199. The fourth-order valence-electron chi connectivity index (χ4n) is 1.76. The first kappa shape index (κ1) is 9.63. The third-order valence-electron chi connectivity index (χ3n) is 2.63. The van der Waals surface area contributed by atoms with Crippen molar-refractivity contribution < 1.29 is 0 Å². The molecule has 14 heavy (non-hydrogen) atoms. The summed E-state index contributed by atoms with van der Waals surface area (Å²) in [4.78, 5) is 7.78. The largest absolute Gasteiger partial charge is 0.298 e. The molecule has 0 atom stereocenters. The molecule has 0 spiro atoms. The number of piperidine rings is 1. The van der Waals surface area contributed by atoms with E-state index in [1.807, 2.05) is 11.7 Å². The maximum atomic E-state index is 8.76. The molecule has 0 saturated carbocycles. The van der Waals surface area contributed by atoms with Crippen molar-refractivity contribution in [1.82, 2.24) is 9.88 Å². The zero-order valence-electron chi connectivity index (χ0n) is 8.02. The maximum Gasteiger partial charge on any atom is 0.0794 e. The molecule has 4 heteroatoms. The molecular formula is C10H13N3S. The van der Waals surface area contributed by atoms with E-state index < -0.39 is 0 Å². The van der Waals surface area contributed by atoms with Gasteiger partial charge >= 0.3 is 0 Å². The zero-order valence-corrected chi connectivity index (χ0v) is 8.83. The Morgan fingerprint density at radius 1 is 1.57 bits per heavy atom. The van der Waals surface area contributed by atoms with Gasteiger partial charge < -0.3 is 0 Å². The Morgan fingerprint density at radius 2 is 2.36 bits per heavy atom. The second-order valence-electron chi connectivity index (χ2n) is 3.65. The summed E-state index contributed by atoms with van der Waals surface area (Å²) >= 11 is 1.71. The van der Waals surface area contributed by atoms with Crippen LogP contribution in [0, 0.1) is 17.2 Å². The molecule has 0 amide bonds. The summed E-state index contributed by atoms with van der Waals surface area (Å²) in [5, 5.41) is 8.76. The minimum Gasteiger partial charge on any atom is -0.298 e. The summed E-state index contributed by atoms with van der Waals surface area (Å²) < 4.78 is 0. The van der Waals surface area contributed by atoms with Crippen LogP contribution in [-0.4, -0.2) is 23.0 Å². The van der Waals surface area contributed by atoms with Crippen LogP contribution in [0.3, 0.4) is 0 Å². The van der Waals surface area contributed by atoms with Crippen LogP contribution in [0.5, 0.6) is 0 Å². The topological polar surface area (TPSA) is 39.9 Å². The molecule has 1 aromatic heterocycles. The standard InChI is InChI=1S/C10H13N3S/c11-5-9-1-3-13(4-2-9)7-10-6-12-8-14-10/h6,8-9H,1-4,7H2. The van der Waals surface area contributed by atoms with E-state index in [-0.39, 0.29) is 5.92 Å². The first-order valence-electron chi connectivity index (χ1n) is 4.88. The van der Waals surface area contributed by atoms with Crippen LogP contribution < -0.4 is 0 Å². The fraction of sp³-hybridized carbons (Fsp3) is 0.600. The molecule has 1 aliphatic heterocycles. The van der Waals surface area contributed by atoms with Crippen LogP contribution in [0.1, 0.15) is 17.7 Å². The molecule has 3 nitrogen and oxygen atoms in total. The molecule has 0 aliphatic carbocycles. The van der Waals surface area contributed by atoms with Gasteiger partial charge in [-0.1, -0.05) is 0 Å². The quantitative estimate of drug-likeness (QED) is 0.743. The molecule has 1 saturated heterocycles. The lowest BCUT2D eigenvalue weighted by Crippen LogP contribution is -2.32. The minimum atomic E-state index is 0.285. The van der Waals surface area contributed by atoms with E-state index in [9.17, 15) is 0 Å². The Kier molecular flexibility index (Phi) is 3.12. The summed E-state index contributed by atoms with van der Waals surface area (Å²) in [5.41, 5.74) is 1.87. The van der Waals surface area contributed by atoms with Crippen molar-refractivity contribution in [1.29, 1.82) is 5.26 Å². The van der Waals surface area contributed by atoms with Crippen LogP contribution in [0.15, 0.2) is 11.7 Å². The Bertz CT molecular complexity index is 307. The van der Waals surface area contributed by atoms with Crippen molar-refractivity contribution in [2.45, 2.75) is 19.4 Å². The molecule has 74 valence electrons. The monoisotopic (exact) mass is 207 g/mol. The van der Waals surface area contributed by atoms with Crippen LogP contribution in [0.25, 0.3) is 0 Å². The molecule has 1 aromatic rings. The van der Waals surface area contributed by atoms with Crippen LogP contribution >= 0.6 is 11.3 Å². The first-order valence-corrected chi connectivity index (χ1v) is 5.76. The van der Waals surface area contributed by atoms with Gasteiger partial charge in [-0.25, -0.2) is 0 Å². The summed E-state index contributed by atoms with van der Waals surface area (Å²) in [6.07, 6.45) is 3.98. The molecule has 2 rings (SSSR count). The minimum absolute atomic E-state index is 0.285. The lowest BCUT2D eigenvalue weighted by Gasteiger charge is -2.28. The molecular weight excluding hydrogens is 194 g/mol. The lowest BCUT2D eigenvalue weighted by atomic mass is 9.99. The van der Waals surface area contributed by atoms with Crippen molar-refractivity contribution in [2.75, 3.05) is 13.1 Å². The van der Waals surface area contributed by atoms with Gasteiger partial charge in [0, 0.05) is 23.5 Å². The van der Waals surface area contributed by atoms with Gasteiger partial charge in [0.1, 0.15) is 0 Å². The highest BCUT2D eigenvalue weighted by molar-refractivity contribution is 7.09. The van der Waals surface area contributed by atoms with E-state index in [4.69, 9.17) is 5.26 Å². The van der Waals surface area contributed by atoms with E-state index in [0.717, 1.165) is 32.5 Å². The van der Waals surface area contributed by atoms with Crippen molar-refractivity contribution in [2.24, 2.45) is 5.92 Å². The number of aromatic nitrogens is 1. The van der Waals surface area contributed by atoms with Crippen LogP contribution in [0.2, 0.25) is 0 Å². The number of nitriles is 1. The molecule has 1 aliphatic rings. The van der Waals surface area contributed by atoms with E-state index in [1.54, 1.807) is 11.3 Å². The molecule has 1 fully saturated rings. The summed E-state index contributed by atoms with van der Waals surface area (Å²) in [6.45, 7) is 3.11. The summed E-state index contributed by atoms with van der Waals surface area (Å²) in [5.74, 6) is 0.285. The average Bonchev–Trinajstić information content (AvgIpc) is 2.72. The zero-order chi connectivity index (χ0) is 9.80. The van der Waals surface area contributed by atoms with Gasteiger partial charge in [0.25, 0.3) is 0 Å². The Morgan fingerprint density at radius 3 is 2.93 bits per heavy atom. The third-order valence-corrected chi connectivity index (χ3v) is 3.40. The number of nitrogens with zero attached hydrogens (tertiary/aromatic N) is 3. The SMILES string of the molecule is N#CC1CCN(Cc2cncs2)CC1. The van der Waals surface area contributed by atoms with Crippen LogP contribution in [-0.2, 0) is 6.54 Å². The predicted octanol–water partition coefficient (Wildman–Crippen LogP) is 1.88. The Balaban J connectivity index is 1.82. The second kappa shape index (κ2) is 4.54. The molecule has 0 radical (unpaired) electrons. The number of hydrogen-bond acceptors (Lipinski definition) is 4. The number of rotatable bonds is 2. The Hall–Kier alpha value is -0.920. The molecule has 0 unspecified atom stereocenters. The molecule has 2 heterocycles. The highest BCUT2D eigenvalue weighted by Crippen LogP contribution is 2.19. The third kappa shape index (κ3) is 2.31. The molecule has 0 aromatic carbocycles. The van der Waals surface area contributed by atoms with Gasteiger partial charge in [0.05, 0.1) is 11.6 Å². The summed E-state index contributed by atoms with van der Waals surface area (Å²) in [6, 6.07) is 2.35. The van der Waals surface area contributed by atoms with E-state index in [0.29, 0.717) is 0 Å². The number of likely N-dealkylation sites (tertiary alicyclic amines) is 1. The van der Waals surface area contributed by atoms with Gasteiger partial charge in [-0.05, 0) is 25.9 Å². The van der Waals surface area contributed by atoms with Crippen molar-refractivity contribution in [3.63, 3.8) is 0 Å². The van der Waals surface area contributed by atoms with Gasteiger partial charge in [0.15, 0.2) is 0 Å². The first-order chi connectivity index (χ1) is 6.88. The molecule has 0 bridgehead atoms. The van der Waals surface area contributed by atoms with Crippen molar-refractivity contribution in [3.05, 3.63) is 16.6 Å². The second-order valence-corrected chi connectivity index (χ2v) is 4.62. The number of thiazole rings is 1. The predicted molar refractivity (Wildman–Crippen MR) is 55.7 cm³/mol. The van der Waals surface area contributed by atoms with Crippen molar-refractivity contribution in [3.8, 4) is 6.07 Å². The van der Waals surface area contributed by atoms with Gasteiger partial charge in [-0.3, -0.25) is 9.88 Å². The van der Waals surface area contributed by atoms with Gasteiger partial charge in [-0.2, -0.15) is 5.26 Å². The van der Waals surface area contributed by atoms with Gasteiger partial charge in [-0.15, -0.1) is 11.3 Å². The van der Waals surface area contributed by atoms with E-state index >= 15 is 0 Å². The fourth-order valence-corrected chi connectivity index (χ4v) is 2.40. The number of hydrogen-bond donors (Lipinski definition) is 0. The van der Waals surface area contributed by atoms with Crippen LogP contribution in [0.4, 0.5) is 0 Å². The van der Waals surface area contributed by atoms with Gasteiger partial charge in [0.2, 0.25) is 0 Å². The highest BCUT2D eigenvalue weighted by Gasteiger charge is 2.18. The smallest absolute Gasteiger partial charge is 0.0794 e. The normalized spacial score (nSPS) is 19.4. The maximum absolute atomic E-state index is 8.76. The highest BCUT2D eigenvalue weighted by atomic mass is 32.1. The average molecular weight is 207 g/mol. The molecule has 0 N–H and O–H groups in total.